The van der Waals surface area contributed by atoms with Crippen LogP contribution in [0.2, 0.25) is 4.34 Å². The summed E-state index contributed by atoms with van der Waals surface area (Å²) in [4.78, 5) is 9.62. The zero-order chi connectivity index (χ0) is 12.1. The van der Waals surface area contributed by atoms with Crippen molar-refractivity contribution < 1.29 is 0 Å². The van der Waals surface area contributed by atoms with Crippen LogP contribution in [0.3, 0.4) is 0 Å². The first kappa shape index (κ1) is 12.5. The van der Waals surface area contributed by atoms with E-state index in [0.29, 0.717) is 0 Å². The highest BCUT2D eigenvalue weighted by atomic mass is 35.5. The van der Waals surface area contributed by atoms with Gasteiger partial charge in [-0.15, -0.1) is 11.3 Å². The fraction of sp³-hybridized carbons (Fsp3) is 0.333. The smallest absolute Gasteiger partial charge is 0.0931 e. The zero-order valence-electron chi connectivity index (χ0n) is 9.56. The molecule has 2 rings (SSSR count). The summed E-state index contributed by atoms with van der Waals surface area (Å²) < 4.78 is 0.849. The molecule has 0 aliphatic rings. The summed E-state index contributed by atoms with van der Waals surface area (Å²) in [6.07, 6.45) is 6.18. The molecular weight excluding hydrogens is 254 g/mol. The van der Waals surface area contributed by atoms with Gasteiger partial charge in [-0.1, -0.05) is 11.6 Å². The molecule has 0 aromatic carbocycles. The van der Waals surface area contributed by atoms with E-state index >= 15 is 0 Å². The second-order valence-corrected chi connectivity index (χ2v) is 5.56. The summed E-state index contributed by atoms with van der Waals surface area (Å²) in [6, 6.07) is 4.23. The Balaban J connectivity index is 1.79. The Bertz CT molecular complexity index is 458. The molecule has 0 amide bonds. The Hall–Kier alpha value is -0.970. The van der Waals surface area contributed by atoms with Crippen molar-refractivity contribution in [3.8, 4) is 0 Å². The van der Waals surface area contributed by atoms with Crippen LogP contribution in [0, 0.1) is 0 Å². The van der Waals surface area contributed by atoms with Crippen LogP contribution in [-0.2, 0) is 6.42 Å². The van der Waals surface area contributed by atoms with E-state index in [4.69, 9.17) is 11.6 Å². The lowest BCUT2D eigenvalue weighted by Gasteiger charge is -2.11. The summed E-state index contributed by atoms with van der Waals surface area (Å²) in [5, 5.41) is 3.42. The molecule has 0 saturated heterocycles. The molecule has 0 fully saturated rings. The summed E-state index contributed by atoms with van der Waals surface area (Å²) in [5.41, 5.74) is 0.969. The van der Waals surface area contributed by atoms with Crippen LogP contribution < -0.4 is 5.32 Å². The Kier molecular flexibility index (Phi) is 4.48. The van der Waals surface area contributed by atoms with Gasteiger partial charge in [0.05, 0.1) is 10.0 Å². The quantitative estimate of drug-likeness (QED) is 0.905. The van der Waals surface area contributed by atoms with Gasteiger partial charge in [-0.3, -0.25) is 9.97 Å². The maximum Gasteiger partial charge on any atom is 0.0931 e. The highest BCUT2D eigenvalue weighted by Gasteiger charge is 2.05. The maximum absolute atomic E-state index is 5.88. The molecule has 90 valence electrons. The van der Waals surface area contributed by atoms with Gasteiger partial charge in [-0.05, 0) is 25.5 Å². The average molecular weight is 268 g/mol. The first-order valence-corrected chi connectivity index (χ1v) is 6.68. The van der Waals surface area contributed by atoms with Gasteiger partial charge in [0.1, 0.15) is 0 Å². The highest BCUT2D eigenvalue weighted by molar-refractivity contribution is 7.16. The van der Waals surface area contributed by atoms with Gasteiger partial charge in [-0.25, -0.2) is 0 Å². The number of hydrogen-bond acceptors (Lipinski definition) is 4. The van der Waals surface area contributed by atoms with E-state index in [-0.39, 0.29) is 6.04 Å². The average Bonchev–Trinajstić information content (AvgIpc) is 2.76. The lowest BCUT2D eigenvalue weighted by atomic mass is 10.2. The third-order valence-electron chi connectivity index (χ3n) is 2.48. The van der Waals surface area contributed by atoms with Gasteiger partial charge >= 0.3 is 0 Å². The molecule has 0 bridgehead atoms. The number of nitrogens with one attached hydrogen (secondary N) is 1. The SMILES string of the molecule is CC(NCCc1ccc(Cl)s1)c1cnccn1. The lowest BCUT2D eigenvalue weighted by molar-refractivity contribution is 0.563. The molecule has 17 heavy (non-hydrogen) atoms. The van der Waals surface area contributed by atoms with Crippen LogP contribution in [-0.4, -0.2) is 16.5 Å². The van der Waals surface area contributed by atoms with Crippen molar-refractivity contribution in [2.45, 2.75) is 19.4 Å². The summed E-state index contributed by atoms with van der Waals surface area (Å²) in [6.45, 7) is 3.00. The number of aromatic nitrogens is 2. The Morgan fingerprint density at radius 2 is 2.29 bits per heavy atom. The molecular formula is C12H14ClN3S. The van der Waals surface area contributed by atoms with Crippen molar-refractivity contribution in [2.24, 2.45) is 0 Å². The van der Waals surface area contributed by atoms with E-state index in [1.807, 2.05) is 6.07 Å². The normalized spacial score (nSPS) is 12.6. The minimum atomic E-state index is 0.221. The summed E-state index contributed by atoms with van der Waals surface area (Å²) >= 11 is 7.51. The van der Waals surface area contributed by atoms with Crippen molar-refractivity contribution in [1.82, 2.24) is 15.3 Å². The molecule has 0 radical (unpaired) electrons. The second-order valence-electron chi connectivity index (χ2n) is 3.76. The standard InChI is InChI=1S/C12H14ClN3S/c1-9(11-8-14-6-7-16-11)15-5-4-10-2-3-12(13)17-10/h2-3,6-9,15H,4-5H2,1H3. The highest BCUT2D eigenvalue weighted by Crippen LogP contribution is 2.21. The minimum absolute atomic E-state index is 0.221. The molecule has 2 aromatic heterocycles. The van der Waals surface area contributed by atoms with Crippen molar-refractivity contribution in [1.29, 1.82) is 0 Å². The van der Waals surface area contributed by atoms with Crippen LogP contribution >= 0.6 is 22.9 Å². The summed E-state index contributed by atoms with van der Waals surface area (Å²) in [5.74, 6) is 0. The van der Waals surface area contributed by atoms with Crippen molar-refractivity contribution in [3.05, 3.63) is 45.6 Å². The van der Waals surface area contributed by atoms with E-state index in [2.05, 4.69) is 28.3 Å². The Labute approximate surface area is 110 Å². The third kappa shape index (κ3) is 3.77. The molecule has 2 aromatic rings. The number of hydrogen-bond donors (Lipinski definition) is 1. The molecule has 1 N–H and O–H groups in total. The molecule has 1 unspecified atom stereocenters. The van der Waals surface area contributed by atoms with Crippen LogP contribution in [0.5, 0.6) is 0 Å². The first-order valence-electron chi connectivity index (χ1n) is 5.49. The van der Waals surface area contributed by atoms with E-state index in [9.17, 15) is 0 Å². The third-order valence-corrected chi connectivity index (χ3v) is 3.77. The zero-order valence-corrected chi connectivity index (χ0v) is 11.1. The summed E-state index contributed by atoms with van der Waals surface area (Å²) in [7, 11) is 0. The second kappa shape index (κ2) is 6.10. The molecule has 0 aliphatic carbocycles. The Morgan fingerprint density at radius 1 is 1.41 bits per heavy atom. The van der Waals surface area contributed by atoms with Crippen LogP contribution in [0.15, 0.2) is 30.7 Å². The molecule has 2 heterocycles. The van der Waals surface area contributed by atoms with Gasteiger partial charge in [0.15, 0.2) is 0 Å². The molecule has 0 aliphatic heterocycles. The van der Waals surface area contributed by atoms with Gasteiger partial charge < -0.3 is 5.32 Å². The van der Waals surface area contributed by atoms with Crippen LogP contribution in [0.4, 0.5) is 0 Å². The molecule has 0 saturated carbocycles. The maximum atomic E-state index is 5.88. The van der Waals surface area contributed by atoms with Gasteiger partial charge in [0.2, 0.25) is 0 Å². The number of rotatable bonds is 5. The first-order chi connectivity index (χ1) is 8.25. The fourth-order valence-electron chi connectivity index (χ4n) is 1.54. The lowest BCUT2D eigenvalue weighted by Crippen LogP contribution is -2.22. The van der Waals surface area contributed by atoms with Gasteiger partial charge in [0, 0.05) is 36.1 Å². The van der Waals surface area contributed by atoms with Crippen LogP contribution in [0.1, 0.15) is 23.5 Å². The van der Waals surface area contributed by atoms with Crippen LogP contribution in [0.25, 0.3) is 0 Å². The largest absolute Gasteiger partial charge is 0.308 e. The van der Waals surface area contributed by atoms with E-state index < -0.39 is 0 Å². The molecule has 0 spiro atoms. The number of thiophene rings is 1. The predicted octanol–water partition coefficient (Wildman–Crippen LogP) is 3.08. The number of nitrogens with zero attached hydrogens (tertiary/aromatic N) is 2. The van der Waals surface area contributed by atoms with Gasteiger partial charge in [0.25, 0.3) is 0 Å². The van der Waals surface area contributed by atoms with E-state index in [1.165, 1.54) is 4.88 Å². The van der Waals surface area contributed by atoms with Gasteiger partial charge in [-0.2, -0.15) is 0 Å². The van der Waals surface area contributed by atoms with E-state index in [1.54, 1.807) is 29.9 Å². The predicted molar refractivity (Wildman–Crippen MR) is 71.5 cm³/mol. The molecule has 5 heteroatoms. The number of halogens is 1. The minimum Gasteiger partial charge on any atom is -0.308 e. The molecule has 3 nitrogen and oxygen atoms in total. The fourth-order valence-corrected chi connectivity index (χ4v) is 2.62. The van der Waals surface area contributed by atoms with Crippen molar-refractivity contribution >= 4 is 22.9 Å². The molecule has 1 atom stereocenters. The topological polar surface area (TPSA) is 37.8 Å². The van der Waals surface area contributed by atoms with Crippen molar-refractivity contribution in [2.75, 3.05) is 6.54 Å². The Morgan fingerprint density at radius 3 is 2.94 bits per heavy atom. The van der Waals surface area contributed by atoms with E-state index in [0.717, 1.165) is 23.0 Å². The van der Waals surface area contributed by atoms with Crippen molar-refractivity contribution in [3.63, 3.8) is 0 Å². The monoisotopic (exact) mass is 267 g/mol.